The largest absolute Gasteiger partial charge is 0.494 e. The van der Waals surface area contributed by atoms with Crippen LogP contribution >= 0.6 is 11.3 Å². The summed E-state index contributed by atoms with van der Waals surface area (Å²) < 4.78 is 10.7. The van der Waals surface area contributed by atoms with E-state index in [-0.39, 0.29) is 5.91 Å². The van der Waals surface area contributed by atoms with Gasteiger partial charge < -0.3 is 14.8 Å². The molecule has 1 unspecified atom stereocenters. The lowest BCUT2D eigenvalue weighted by Crippen LogP contribution is -2.29. The number of ether oxygens (including phenoxy) is 2. The third-order valence-corrected chi connectivity index (χ3v) is 5.50. The first-order valence-electron chi connectivity index (χ1n) is 8.93. The van der Waals surface area contributed by atoms with E-state index in [4.69, 9.17) is 9.47 Å². The molecule has 0 saturated heterocycles. The molecule has 1 heterocycles. The second-order valence-electron chi connectivity index (χ2n) is 6.26. The Morgan fingerprint density at radius 3 is 2.62 bits per heavy atom. The van der Waals surface area contributed by atoms with Gasteiger partial charge in [0, 0.05) is 10.6 Å². The van der Waals surface area contributed by atoms with Gasteiger partial charge in [0.25, 0.3) is 5.91 Å². The molecular formula is C20H23NO4S. The highest BCUT2D eigenvalue weighted by Crippen LogP contribution is 2.30. The first-order valence-corrected chi connectivity index (χ1v) is 9.74. The number of esters is 1. The van der Waals surface area contributed by atoms with E-state index in [0.29, 0.717) is 17.2 Å². The Morgan fingerprint density at radius 1 is 1.19 bits per heavy atom. The first-order chi connectivity index (χ1) is 12.6. The fraction of sp³-hybridized carbons (Fsp3) is 0.400. The van der Waals surface area contributed by atoms with Crippen molar-refractivity contribution in [1.29, 1.82) is 0 Å². The smallest absolute Gasteiger partial charge is 0.349 e. The molecule has 0 radical (unpaired) electrons. The minimum absolute atomic E-state index is 0.358. The molecule has 1 aromatic carbocycles. The maximum absolute atomic E-state index is 12.3. The topological polar surface area (TPSA) is 64.6 Å². The number of hydrogen-bond acceptors (Lipinski definition) is 5. The van der Waals surface area contributed by atoms with Crippen molar-refractivity contribution in [2.24, 2.45) is 0 Å². The van der Waals surface area contributed by atoms with Gasteiger partial charge in [-0.2, -0.15) is 0 Å². The summed E-state index contributed by atoms with van der Waals surface area (Å²) in [5.41, 5.74) is 1.88. The number of thiophene rings is 1. The SMILES string of the molecule is CCOc1ccc(NC(=O)C(C)OC(=O)c2cc3c(s2)CCCC3)cc1. The van der Waals surface area contributed by atoms with E-state index in [1.165, 1.54) is 34.6 Å². The molecule has 0 saturated carbocycles. The highest BCUT2D eigenvalue weighted by molar-refractivity contribution is 7.14. The van der Waals surface area contributed by atoms with Crippen LogP contribution in [0.3, 0.4) is 0 Å². The molecule has 1 aromatic heterocycles. The molecule has 3 rings (SSSR count). The van der Waals surface area contributed by atoms with Gasteiger partial charge in [0.1, 0.15) is 10.6 Å². The van der Waals surface area contributed by atoms with Crippen LogP contribution < -0.4 is 10.1 Å². The summed E-state index contributed by atoms with van der Waals surface area (Å²) in [7, 11) is 0. The Labute approximate surface area is 157 Å². The van der Waals surface area contributed by atoms with Crippen molar-refractivity contribution in [2.75, 3.05) is 11.9 Å². The van der Waals surface area contributed by atoms with Gasteiger partial charge in [0.2, 0.25) is 0 Å². The van der Waals surface area contributed by atoms with Crippen molar-refractivity contribution in [3.63, 3.8) is 0 Å². The minimum atomic E-state index is -0.867. The lowest BCUT2D eigenvalue weighted by Gasteiger charge is -2.13. The second-order valence-corrected chi connectivity index (χ2v) is 7.40. The number of benzene rings is 1. The minimum Gasteiger partial charge on any atom is -0.494 e. The molecular weight excluding hydrogens is 350 g/mol. The van der Waals surface area contributed by atoms with Crippen molar-refractivity contribution >= 4 is 28.9 Å². The van der Waals surface area contributed by atoms with Crippen molar-refractivity contribution in [1.82, 2.24) is 0 Å². The van der Waals surface area contributed by atoms with E-state index in [0.717, 1.165) is 18.6 Å². The second kappa shape index (κ2) is 8.36. The average molecular weight is 373 g/mol. The monoisotopic (exact) mass is 373 g/mol. The molecule has 1 aliphatic carbocycles. The van der Waals surface area contributed by atoms with E-state index in [1.54, 1.807) is 31.2 Å². The molecule has 26 heavy (non-hydrogen) atoms. The van der Waals surface area contributed by atoms with Crippen LogP contribution in [0.5, 0.6) is 5.75 Å². The van der Waals surface area contributed by atoms with E-state index in [2.05, 4.69) is 5.32 Å². The lowest BCUT2D eigenvalue weighted by atomic mass is 9.99. The number of hydrogen-bond donors (Lipinski definition) is 1. The van der Waals surface area contributed by atoms with Gasteiger partial charge in [-0.15, -0.1) is 11.3 Å². The number of rotatable bonds is 6. The molecule has 5 nitrogen and oxygen atoms in total. The highest BCUT2D eigenvalue weighted by Gasteiger charge is 2.22. The van der Waals surface area contributed by atoms with Crippen molar-refractivity contribution in [3.8, 4) is 5.75 Å². The van der Waals surface area contributed by atoms with Gasteiger partial charge in [-0.25, -0.2) is 4.79 Å². The van der Waals surface area contributed by atoms with E-state index < -0.39 is 12.1 Å². The third kappa shape index (κ3) is 4.43. The zero-order valence-corrected chi connectivity index (χ0v) is 15.9. The van der Waals surface area contributed by atoms with Crippen LogP contribution in [0, 0.1) is 0 Å². The van der Waals surface area contributed by atoms with E-state index >= 15 is 0 Å². The quantitative estimate of drug-likeness (QED) is 0.771. The maximum atomic E-state index is 12.3. The molecule has 0 spiro atoms. The normalized spacial score (nSPS) is 14.2. The van der Waals surface area contributed by atoms with Crippen molar-refractivity contribution < 1.29 is 19.1 Å². The standard InChI is InChI=1S/C20H23NO4S/c1-3-24-16-10-8-15(9-11-16)21-19(22)13(2)25-20(23)18-12-14-6-4-5-7-17(14)26-18/h8-13H,3-7H2,1-2H3,(H,21,22). The van der Waals surface area contributed by atoms with E-state index in [9.17, 15) is 9.59 Å². The van der Waals surface area contributed by atoms with Crippen molar-refractivity contribution in [2.45, 2.75) is 45.6 Å². The van der Waals surface area contributed by atoms with Crippen LogP contribution in [0.15, 0.2) is 30.3 Å². The molecule has 1 amide bonds. The molecule has 6 heteroatoms. The van der Waals surface area contributed by atoms with Gasteiger partial charge in [0.05, 0.1) is 6.61 Å². The van der Waals surface area contributed by atoms with Gasteiger partial charge in [-0.3, -0.25) is 4.79 Å². The summed E-state index contributed by atoms with van der Waals surface area (Å²) in [5.74, 6) is -0.0470. The molecule has 138 valence electrons. The first kappa shape index (κ1) is 18.5. The molecule has 0 fully saturated rings. The molecule has 2 aromatic rings. The molecule has 1 atom stereocenters. The fourth-order valence-electron chi connectivity index (χ4n) is 2.91. The van der Waals surface area contributed by atoms with Gasteiger partial charge in [0.15, 0.2) is 6.10 Å². The Kier molecular flexibility index (Phi) is 5.93. The lowest BCUT2D eigenvalue weighted by molar-refractivity contribution is -0.123. The number of nitrogens with one attached hydrogen (secondary N) is 1. The van der Waals surface area contributed by atoms with Gasteiger partial charge in [-0.05, 0) is 75.4 Å². The average Bonchev–Trinajstić information content (AvgIpc) is 3.08. The number of anilines is 1. The number of aryl methyl sites for hydroxylation is 2. The van der Waals surface area contributed by atoms with Crippen LogP contribution in [0.25, 0.3) is 0 Å². The summed E-state index contributed by atoms with van der Waals surface area (Å²) in [6.45, 7) is 4.08. The number of fused-ring (bicyclic) bond motifs is 1. The van der Waals surface area contributed by atoms with Crippen molar-refractivity contribution in [3.05, 3.63) is 45.6 Å². The Bertz CT molecular complexity index is 758. The maximum Gasteiger partial charge on any atom is 0.349 e. The predicted octanol–water partition coefficient (Wildman–Crippen LogP) is 4.21. The van der Waals surface area contributed by atoms with Gasteiger partial charge in [-0.1, -0.05) is 0 Å². The Morgan fingerprint density at radius 2 is 1.92 bits per heavy atom. The predicted molar refractivity (Wildman–Crippen MR) is 102 cm³/mol. The van der Waals surface area contributed by atoms with Gasteiger partial charge >= 0.3 is 5.97 Å². The Balaban J connectivity index is 1.56. The zero-order valence-electron chi connectivity index (χ0n) is 15.0. The van der Waals surface area contributed by atoms with Crippen LogP contribution in [0.2, 0.25) is 0 Å². The number of amides is 1. The van der Waals surface area contributed by atoms with Crippen LogP contribution in [0.1, 0.15) is 46.8 Å². The molecule has 1 aliphatic rings. The summed E-state index contributed by atoms with van der Waals surface area (Å²) >= 11 is 1.49. The number of carbonyl (C=O) groups excluding carboxylic acids is 2. The third-order valence-electron chi connectivity index (χ3n) is 4.28. The summed E-state index contributed by atoms with van der Waals surface area (Å²) in [6, 6.07) is 8.99. The summed E-state index contributed by atoms with van der Waals surface area (Å²) in [5, 5.41) is 2.75. The van der Waals surface area contributed by atoms with Crippen LogP contribution in [-0.4, -0.2) is 24.6 Å². The molecule has 0 bridgehead atoms. The fourth-order valence-corrected chi connectivity index (χ4v) is 4.05. The molecule has 1 N–H and O–H groups in total. The molecule has 0 aliphatic heterocycles. The Hall–Kier alpha value is -2.34. The summed E-state index contributed by atoms with van der Waals surface area (Å²) in [6.07, 6.45) is 3.52. The van der Waals surface area contributed by atoms with Crippen LogP contribution in [-0.2, 0) is 22.4 Å². The summed E-state index contributed by atoms with van der Waals surface area (Å²) in [4.78, 5) is 26.5. The number of carbonyl (C=O) groups is 2. The van der Waals surface area contributed by atoms with E-state index in [1.807, 2.05) is 13.0 Å². The zero-order chi connectivity index (χ0) is 18.5. The van der Waals surface area contributed by atoms with Crippen LogP contribution in [0.4, 0.5) is 5.69 Å². The highest BCUT2D eigenvalue weighted by atomic mass is 32.1.